The van der Waals surface area contributed by atoms with E-state index in [9.17, 15) is 13.2 Å². The summed E-state index contributed by atoms with van der Waals surface area (Å²) in [6.45, 7) is 6.87. The van der Waals surface area contributed by atoms with Gasteiger partial charge in [0.25, 0.3) is 0 Å². The molecule has 0 nitrogen and oxygen atoms in total. The zero-order chi connectivity index (χ0) is 9.28. The van der Waals surface area contributed by atoms with Crippen molar-refractivity contribution in [3.8, 4) is 0 Å². The second-order valence-electron chi connectivity index (χ2n) is 3.33. The van der Waals surface area contributed by atoms with Crippen molar-refractivity contribution in [3.05, 3.63) is 0 Å². The molecule has 0 spiro atoms. The Morgan fingerprint density at radius 2 is 1.45 bits per heavy atom. The van der Waals surface area contributed by atoms with Gasteiger partial charge in [-0.2, -0.15) is 0 Å². The summed E-state index contributed by atoms with van der Waals surface area (Å²) >= 11 is -0.796. The number of hydrogen-bond acceptors (Lipinski definition) is 0. The van der Waals surface area contributed by atoms with Crippen LogP contribution >= 0.6 is 0 Å². The normalized spacial score (nSPS) is 17.0. The Hall–Kier alpha value is 0.520. The van der Waals surface area contributed by atoms with E-state index < -0.39 is 31.3 Å². The Morgan fingerprint density at radius 1 is 1.09 bits per heavy atom. The van der Waals surface area contributed by atoms with Gasteiger partial charge in [0, 0.05) is 0 Å². The van der Waals surface area contributed by atoms with Gasteiger partial charge < -0.3 is 0 Å². The van der Waals surface area contributed by atoms with Crippen LogP contribution in [0.15, 0.2) is 0 Å². The number of halogens is 4. The Balaban J connectivity index is 3.99. The van der Waals surface area contributed by atoms with Crippen molar-refractivity contribution in [1.82, 2.24) is 0 Å². The second kappa shape index (κ2) is 3.49. The van der Waals surface area contributed by atoms with Crippen LogP contribution in [-0.4, -0.2) is 13.5 Å². The van der Waals surface area contributed by atoms with Crippen LogP contribution in [0.5, 0.6) is 0 Å². The van der Waals surface area contributed by atoms with E-state index in [1.165, 1.54) is 6.92 Å². The molecule has 0 bridgehead atoms. The summed E-state index contributed by atoms with van der Waals surface area (Å²) in [5.74, 6) is 0. The van der Waals surface area contributed by atoms with Gasteiger partial charge in [-0.3, -0.25) is 0 Å². The van der Waals surface area contributed by atoms with Crippen molar-refractivity contribution in [2.75, 3.05) is 0 Å². The molecule has 0 saturated heterocycles. The Labute approximate surface area is 75.8 Å². The van der Waals surface area contributed by atoms with Gasteiger partial charge in [0.2, 0.25) is 0 Å². The van der Waals surface area contributed by atoms with Crippen molar-refractivity contribution in [3.63, 3.8) is 0 Å². The number of hydrogen-bond donors (Lipinski definition) is 0. The summed E-state index contributed by atoms with van der Waals surface area (Å²) in [5.41, 5.74) is 0. The predicted molar refractivity (Wildman–Crippen MR) is 35.3 cm³/mol. The molecule has 0 saturated carbocycles. The second-order valence-corrected chi connectivity index (χ2v) is 9.06. The molecule has 4 heteroatoms. The van der Waals surface area contributed by atoms with Crippen molar-refractivity contribution < 1.29 is 34.4 Å². The van der Waals surface area contributed by atoms with Gasteiger partial charge in [0.15, 0.2) is 0 Å². The molecule has 0 rings (SSSR count). The maximum atomic E-state index is 12.0. The SMILES string of the molecule is CC([I-]C(C)(C)C)C(F)(F)F. The molecule has 0 aliphatic rings. The first kappa shape index (κ1) is 11.5. The molecule has 0 aromatic heterocycles. The van der Waals surface area contributed by atoms with E-state index in [1.807, 2.05) is 20.8 Å². The molecule has 0 N–H and O–H groups in total. The molecule has 0 fully saturated rings. The number of rotatable bonds is 1. The fourth-order valence-electron chi connectivity index (χ4n) is 0.553. The molecule has 0 aliphatic heterocycles. The fraction of sp³-hybridized carbons (Fsp3) is 1.00. The molecule has 11 heavy (non-hydrogen) atoms. The summed E-state index contributed by atoms with van der Waals surface area (Å²) in [5, 5.41) is 0. The van der Waals surface area contributed by atoms with Gasteiger partial charge in [-0.25, -0.2) is 0 Å². The Morgan fingerprint density at radius 3 is 1.55 bits per heavy atom. The van der Waals surface area contributed by atoms with Gasteiger partial charge in [-0.1, -0.05) is 0 Å². The number of alkyl halides is 5. The Bertz CT molecular complexity index is 123. The first-order chi connectivity index (χ1) is 4.63. The van der Waals surface area contributed by atoms with Gasteiger partial charge in [0.05, 0.1) is 0 Å². The zero-order valence-corrected chi connectivity index (χ0v) is 9.25. The average molecular weight is 281 g/mol. The molecule has 0 aromatic rings. The first-order valence-corrected chi connectivity index (χ1v) is 5.66. The minimum atomic E-state index is -3.99. The molecule has 0 aliphatic carbocycles. The molecule has 0 heterocycles. The summed E-state index contributed by atoms with van der Waals surface area (Å²) in [6.07, 6.45) is -3.99. The maximum absolute atomic E-state index is 12.0. The van der Waals surface area contributed by atoms with E-state index in [0.29, 0.717) is 0 Å². The van der Waals surface area contributed by atoms with Gasteiger partial charge in [-0.05, 0) is 0 Å². The third kappa shape index (κ3) is 5.75. The third-order valence-electron chi connectivity index (χ3n) is 0.942. The van der Waals surface area contributed by atoms with E-state index in [1.54, 1.807) is 0 Å². The van der Waals surface area contributed by atoms with Gasteiger partial charge in [0.1, 0.15) is 0 Å². The molecule has 1 atom stereocenters. The van der Waals surface area contributed by atoms with Crippen LogP contribution < -0.4 is 21.2 Å². The quantitative estimate of drug-likeness (QED) is 0.462. The van der Waals surface area contributed by atoms with Crippen molar-refractivity contribution in [2.45, 2.75) is 41.2 Å². The summed E-state index contributed by atoms with van der Waals surface area (Å²) in [4.78, 5) is 0. The van der Waals surface area contributed by atoms with Gasteiger partial charge >= 0.3 is 75.6 Å². The van der Waals surface area contributed by atoms with Crippen LogP contribution in [0.4, 0.5) is 13.2 Å². The third-order valence-corrected chi connectivity index (χ3v) is 4.45. The van der Waals surface area contributed by atoms with Crippen LogP contribution in [0.1, 0.15) is 27.7 Å². The minimum absolute atomic E-state index is 0.131. The van der Waals surface area contributed by atoms with Crippen molar-refractivity contribution in [2.24, 2.45) is 0 Å². The molecule has 0 aromatic carbocycles. The predicted octanol–water partition coefficient (Wildman–Crippen LogP) is -0.175. The zero-order valence-electron chi connectivity index (χ0n) is 7.09. The van der Waals surface area contributed by atoms with Crippen LogP contribution in [0.2, 0.25) is 0 Å². The summed E-state index contributed by atoms with van der Waals surface area (Å²) in [7, 11) is 0. The van der Waals surface area contributed by atoms with Crippen LogP contribution in [0.3, 0.4) is 0 Å². The van der Waals surface area contributed by atoms with Gasteiger partial charge in [-0.15, -0.1) is 0 Å². The molecule has 70 valence electrons. The Kier molecular flexibility index (Phi) is 3.66. The van der Waals surface area contributed by atoms with E-state index in [2.05, 4.69) is 0 Å². The van der Waals surface area contributed by atoms with E-state index in [0.717, 1.165) is 0 Å². The van der Waals surface area contributed by atoms with Crippen LogP contribution in [0, 0.1) is 0 Å². The van der Waals surface area contributed by atoms with E-state index in [4.69, 9.17) is 0 Å². The van der Waals surface area contributed by atoms with Crippen LogP contribution in [-0.2, 0) is 0 Å². The molecular weight excluding hydrogens is 268 g/mol. The molecule has 0 amide bonds. The van der Waals surface area contributed by atoms with Crippen LogP contribution in [0.25, 0.3) is 0 Å². The van der Waals surface area contributed by atoms with Crippen molar-refractivity contribution >= 4 is 0 Å². The first-order valence-electron chi connectivity index (χ1n) is 3.34. The molecule has 1 unspecified atom stereocenters. The molecular formula is C7H13F3I-. The topological polar surface area (TPSA) is 0 Å². The average Bonchev–Trinajstić information content (AvgIpc) is 1.56. The monoisotopic (exact) mass is 281 g/mol. The summed E-state index contributed by atoms with van der Waals surface area (Å²) < 4.78 is 34.8. The van der Waals surface area contributed by atoms with E-state index in [-0.39, 0.29) is 3.42 Å². The molecule has 0 radical (unpaired) electrons. The summed E-state index contributed by atoms with van der Waals surface area (Å²) in [6, 6.07) is 0. The van der Waals surface area contributed by atoms with Crippen molar-refractivity contribution in [1.29, 1.82) is 0 Å². The van der Waals surface area contributed by atoms with E-state index >= 15 is 0 Å². The standard InChI is InChI=1S/C7H13F3I/c1-5(7(8,9)10)11-6(2,3)4/h5H,1-4H3/q-1. The fourth-order valence-corrected chi connectivity index (χ4v) is 3.71.